The molecular weight excluding hydrogens is 231 g/mol. The van der Waals surface area contributed by atoms with Gasteiger partial charge in [0.25, 0.3) is 0 Å². The molecule has 1 aromatic rings. The van der Waals surface area contributed by atoms with Crippen LogP contribution < -0.4 is 5.32 Å². The van der Waals surface area contributed by atoms with E-state index in [1.54, 1.807) is 7.05 Å². The van der Waals surface area contributed by atoms with Gasteiger partial charge >= 0.3 is 0 Å². The van der Waals surface area contributed by atoms with Gasteiger partial charge in [-0.05, 0) is 38.1 Å². The molecule has 0 radical (unpaired) electrons. The number of amides is 1. The van der Waals surface area contributed by atoms with Gasteiger partial charge in [-0.15, -0.1) is 0 Å². The Morgan fingerprint density at radius 3 is 2.72 bits per heavy atom. The lowest BCUT2D eigenvalue weighted by Crippen LogP contribution is -2.39. The monoisotopic (exact) mass is 250 g/mol. The Kier molecular flexibility index (Phi) is 3.97. The van der Waals surface area contributed by atoms with Gasteiger partial charge in [-0.3, -0.25) is 4.79 Å². The molecule has 1 aromatic carbocycles. The first kappa shape index (κ1) is 13.0. The first-order valence-corrected chi connectivity index (χ1v) is 6.31. The number of hydrogen-bond donors (Lipinski definition) is 1. The van der Waals surface area contributed by atoms with Crippen molar-refractivity contribution in [1.82, 2.24) is 10.2 Å². The SMILES string of the molecule is CNCC(=O)N1CC(c2ccc(F)cc2)CC1C. The maximum absolute atomic E-state index is 12.9. The third-order valence-electron chi connectivity index (χ3n) is 3.56. The van der Waals surface area contributed by atoms with E-state index in [2.05, 4.69) is 12.2 Å². The van der Waals surface area contributed by atoms with E-state index in [-0.39, 0.29) is 17.8 Å². The summed E-state index contributed by atoms with van der Waals surface area (Å²) in [6.45, 7) is 3.17. The summed E-state index contributed by atoms with van der Waals surface area (Å²) in [7, 11) is 1.77. The largest absolute Gasteiger partial charge is 0.338 e. The van der Waals surface area contributed by atoms with Gasteiger partial charge in [0.2, 0.25) is 5.91 Å². The number of likely N-dealkylation sites (N-methyl/N-ethyl adjacent to an activating group) is 1. The molecule has 1 heterocycles. The van der Waals surface area contributed by atoms with Crippen LogP contribution in [0.25, 0.3) is 0 Å². The third-order valence-corrected chi connectivity index (χ3v) is 3.56. The maximum atomic E-state index is 12.9. The molecule has 2 unspecified atom stereocenters. The number of hydrogen-bond acceptors (Lipinski definition) is 2. The van der Waals surface area contributed by atoms with E-state index in [4.69, 9.17) is 0 Å². The van der Waals surface area contributed by atoms with Gasteiger partial charge in [-0.25, -0.2) is 4.39 Å². The Balaban J connectivity index is 2.06. The average Bonchev–Trinajstić information content (AvgIpc) is 2.72. The number of carbonyl (C=O) groups is 1. The van der Waals surface area contributed by atoms with E-state index in [1.165, 1.54) is 12.1 Å². The minimum atomic E-state index is -0.215. The van der Waals surface area contributed by atoms with Crippen LogP contribution in [0.3, 0.4) is 0 Å². The van der Waals surface area contributed by atoms with Crippen LogP contribution in [0.4, 0.5) is 4.39 Å². The number of carbonyl (C=O) groups excluding carboxylic acids is 1. The molecule has 2 rings (SSSR count). The Morgan fingerprint density at radius 1 is 1.44 bits per heavy atom. The summed E-state index contributed by atoms with van der Waals surface area (Å²) in [5, 5.41) is 2.89. The van der Waals surface area contributed by atoms with Gasteiger partial charge in [-0.1, -0.05) is 12.1 Å². The van der Waals surface area contributed by atoms with Gasteiger partial charge in [-0.2, -0.15) is 0 Å². The second-order valence-electron chi connectivity index (χ2n) is 4.91. The highest BCUT2D eigenvalue weighted by molar-refractivity contribution is 5.79. The number of likely N-dealkylation sites (tertiary alicyclic amines) is 1. The van der Waals surface area contributed by atoms with Crippen molar-refractivity contribution in [2.75, 3.05) is 20.1 Å². The molecule has 18 heavy (non-hydrogen) atoms. The number of nitrogens with one attached hydrogen (secondary N) is 1. The molecule has 0 bridgehead atoms. The van der Waals surface area contributed by atoms with Crippen molar-refractivity contribution in [2.24, 2.45) is 0 Å². The van der Waals surface area contributed by atoms with Gasteiger partial charge in [0.1, 0.15) is 5.82 Å². The van der Waals surface area contributed by atoms with Gasteiger partial charge in [0.05, 0.1) is 6.54 Å². The molecule has 1 aliphatic rings. The molecule has 0 spiro atoms. The quantitative estimate of drug-likeness (QED) is 0.886. The van der Waals surface area contributed by atoms with Crippen molar-refractivity contribution >= 4 is 5.91 Å². The molecule has 0 saturated carbocycles. The maximum Gasteiger partial charge on any atom is 0.236 e. The van der Waals surface area contributed by atoms with Crippen LogP contribution in [-0.4, -0.2) is 37.0 Å². The number of halogens is 1. The summed E-state index contributed by atoms with van der Waals surface area (Å²) in [5.41, 5.74) is 1.11. The summed E-state index contributed by atoms with van der Waals surface area (Å²) in [4.78, 5) is 13.8. The highest BCUT2D eigenvalue weighted by atomic mass is 19.1. The molecule has 4 heteroatoms. The van der Waals surface area contributed by atoms with Crippen molar-refractivity contribution in [3.63, 3.8) is 0 Å². The zero-order valence-electron chi connectivity index (χ0n) is 10.8. The van der Waals surface area contributed by atoms with Crippen molar-refractivity contribution < 1.29 is 9.18 Å². The first-order valence-electron chi connectivity index (χ1n) is 6.31. The summed E-state index contributed by atoms with van der Waals surface area (Å²) >= 11 is 0. The summed E-state index contributed by atoms with van der Waals surface area (Å²) in [6.07, 6.45) is 0.946. The van der Waals surface area contributed by atoms with E-state index < -0.39 is 0 Å². The van der Waals surface area contributed by atoms with E-state index >= 15 is 0 Å². The molecule has 2 atom stereocenters. The molecule has 1 amide bonds. The average molecular weight is 250 g/mol. The first-order chi connectivity index (χ1) is 8.61. The fraction of sp³-hybridized carbons (Fsp3) is 0.500. The molecule has 0 aliphatic carbocycles. The molecule has 1 N–H and O–H groups in total. The fourth-order valence-electron chi connectivity index (χ4n) is 2.61. The lowest BCUT2D eigenvalue weighted by Gasteiger charge is -2.21. The Morgan fingerprint density at radius 2 is 2.11 bits per heavy atom. The van der Waals surface area contributed by atoms with Gasteiger partial charge in [0, 0.05) is 18.5 Å². The fourth-order valence-corrected chi connectivity index (χ4v) is 2.61. The lowest BCUT2D eigenvalue weighted by atomic mass is 9.97. The predicted molar refractivity (Wildman–Crippen MR) is 68.9 cm³/mol. The molecule has 0 aromatic heterocycles. The summed E-state index contributed by atoms with van der Waals surface area (Å²) < 4.78 is 12.9. The predicted octanol–water partition coefficient (Wildman–Crippen LogP) is 1.75. The Bertz CT molecular complexity index is 418. The number of nitrogens with zero attached hydrogens (tertiary/aromatic N) is 1. The van der Waals surface area contributed by atoms with Crippen molar-refractivity contribution in [2.45, 2.75) is 25.3 Å². The van der Waals surface area contributed by atoms with E-state index in [9.17, 15) is 9.18 Å². The van der Waals surface area contributed by atoms with Crippen molar-refractivity contribution in [3.05, 3.63) is 35.6 Å². The van der Waals surface area contributed by atoms with Crippen LogP contribution in [0.1, 0.15) is 24.8 Å². The third kappa shape index (κ3) is 2.70. The second-order valence-corrected chi connectivity index (χ2v) is 4.91. The Hall–Kier alpha value is -1.42. The highest BCUT2D eigenvalue weighted by Gasteiger charge is 2.32. The zero-order valence-corrected chi connectivity index (χ0v) is 10.8. The van der Waals surface area contributed by atoms with Crippen LogP contribution >= 0.6 is 0 Å². The summed E-state index contributed by atoms with van der Waals surface area (Å²) in [5.74, 6) is 0.240. The minimum Gasteiger partial charge on any atom is -0.338 e. The van der Waals surface area contributed by atoms with Crippen LogP contribution in [0.2, 0.25) is 0 Å². The standard InChI is InChI=1S/C14H19FN2O/c1-10-7-12(9-17(10)14(18)8-16-2)11-3-5-13(15)6-4-11/h3-6,10,12,16H,7-9H2,1-2H3. The molecule has 1 fully saturated rings. The van der Waals surface area contributed by atoms with Crippen LogP contribution in [0, 0.1) is 5.82 Å². The second kappa shape index (κ2) is 5.48. The summed E-state index contributed by atoms with van der Waals surface area (Å²) in [6, 6.07) is 6.86. The zero-order chi connectivity index (χ0) is 13.1. The smallest absolute Gasteiger partial charge is 0.236 e. The van der Waals surface area contributed by atoms with Gasteiger partial charge < -0.3 is 10.2 Å². The minimum absolute atomic E-state index is 0.134. The van der Waals surface area contributed by atoms with Crippen molar-refractivity contribution in [1.29, 1.82) is 0 Å². The lowest BCUT2D eigenvalue weighted by molar-refractivity contribution is -0.130. The van der Waals surface area contributed by atoms with Gasteiger partial charge in [0.15, 0.2) is 0 Å². The normalized spacial score (nSPS) is 23.4. The highest BCUT2D eigenvalue weighted by Crippen LogP contribution is 2.31. The molecule has 98 valence electrons. The molecule has 1 aliphatic heterocycles. The number of rotatable bonds is 3. The van der Waals surface area contributed by atoms with E-state index in [0.29, 0.717) is 12.5 Å². The molecule has 3 nitrogen and oxygen atoms in total. The van der Waals surface area contributed by atoms with Crippen LogP contribution in [-0.2, 0) is 4.79 Å². The van der Waals surface area contributed by atoms with E-state index in [0.717, 1.165) is 18.5 Å². The number of benzene rings is 1. The van der Waals surface area contributed by atoms with Crippen LogP contribution in [0.15, 0.2) is 24.3 Å². The topological polar surface area (TPSA) is 32.3 Å². The van der Waals surface area contributed by atoms with Crippen molar-refractivity contribution in [3.8, 4) is 0 Å². The molecular formula is C14H19FN2O. The van der Waals surface area contributed by atoms with E-state index in [1.807, 2.05) is 17.0 Å². The Labute approximate surface area is 107 Å². The van der Waals surface area contributed by atoms with Crippen LogP contribution in [0.5, 0.6) is 0 Å². The molecule has 1 saturated heterocycles.